The fraction of sp³-hybridized carbons (Fsp3) is 0.474. The van der Waals surface area contributed by atoms with E-state index in [4.69, 9.17) is 0 Å². The number of aryl methyl sites for hydroxylation is 1. The number of hydrogen-bond acceptors (Lipinski definition) is 3. The first-order valence-corrected chi connectivity index (χ1v) is 8.57. The Morgan fingerprint density at radius 3 is 2.71 bits per heavy atom. The summed E-state index contributed by atoms with van der Waals surface area (Å²) in [6.07, 6.45) is 4.00. The zero-order chi connectivity index (χ0) is 17.1. The Bertz CT molecular complexity index is 690. The van der Waals surface area contributed by atoms with Gasteiger partial charge in [-0.2, -0.15) is 5.10 Å². The number of benzene rings is 1. The van der Waals surface area contributed by atoms with Crippen LogP contribution in [-0.4, -0.2) is 53.1 Å². The molecule has 1 fully saturated rings. The Hall–Kier alpha value is -2.14. The molecule has 1 aliphatic heterocycles. The van der Waals surface area contributed by atoms with Gasteiger partial charge in [0.05, 0.1) is 6.20 Å². The lowest BCUT2D eigenvalue weighted by Crippen LogP contribution is -2.39. The van der Waals surface area contributed by atoms with Crippen molar-refractivity contribution in [3.63, 3.8) is 0 Å². The van der Waals surface area contributed by atoms with Crippen LogP contribution in [0.5, 0.6) is 0 Å². The molecule has 1 aromatic carbocycles. The number of aromatic nitrogens is 2. The van der Waals surface area contributed by atoms with E-state index in [0.29, 0.717) is 5.92 Å². The van der Waals surface area contributed by atoms with E-state index in [-0.39, 0.29) is 5.91 Å². The van der Waals surface area contributed by atoms with Gasteiger partial charge >= 0.3 is 0 Å². The molecule has 3 rings (SSSR count). The van der Waals surface area contributed by atoms with Gasteiger partial charge in [0.2, 0.25) is 0 Å². The van der Waals surface area contributed by atoms with Gasteiger partial charge in [0, 0.05) is 36.8 Å². The van der Waals surface area contributed by atoms with Crippen LogP contribution in [0.4, 0.5) is 0 Å². The fourth-order valence-electron chi connectivity index (χ4n) is 3.47. The third kappa shape index (κ3) is 3.67. The molecule has 5 heteroatoms. The summed E-state index contributed by atoms with van der Waals surface area (Å²) in [6, 6.07) is 8.00. The second kappa shape index (κ2) is 7.18. The van der Waals surface area contributed by atoms with Crippen molar-refractivity contribution < 1.29 is 4.79 Å². The summed E-state index contributed by atoms with van der Waals surface area (Å²) in [5, 5.41) is 7.23. The van der Waals surface area contributed by atoms with Gasteiger partial charge in [-0.05, 0) is 57.1 Å². The number of nitrogens with one attached hydrogen (secondary N) is 1. The zero-order valence-corrected chi connectivity index (χ0v) is 14.7. The topological polar surface area (TPSA) is 52.2 Å². The van der Waals surface area contributed by atoms with Crippen LogP contribution >= 0.6 is 0 Å². The smallest absolute Gasteiger partial charge is 0.253 e. The van der Waals surface area contributed by atoms with Gasteiger partial charge in [0.1, 0.15) is 0 Å². The minimum atomic E-state index is 0.133. The van der Waals surface area contributed by atoms with Crippen LogP contribution in [0.1, 0.15) is 45.9 Å². The van der Waals surface area contributed by atoms with Crippen molar-refractivity contribution in [2.75, 3.05) is 27.2 Å². The summed E-state index contributed by atoms with van der Waals surface area (Å²) in [7, 11) is 4.09. The van der Waals surface area contributed by atoms with Gasteiger partial charge < -0.3 is 9.80 Å². The number of rotatable bonds is 4. The number of nitrogens with zero attached hydrogens (tertiary/aromatic N) is 3. The number of carbonyl (C=O) groups is 1. The van der Waals surface area contributed by atoms with Crippen LogP contribution in [0.25, 0.3) is 0 Å². The van der Waals surface area contributed by atoms with Crippen molar-refractivity contribution in [1.29, 1.82) is 0 Å². The van der Waals surface area contributed by atoms with E-state index < -0.39 is 0 Å². The molecule has 1 N–H and O–H groups in total. The number of hydrogen-bond donors (Lipinski definition) is 1. The highest BCUT2D eigenvalue weighted by molar-refractivity contribution is 5.94. The molecule has 5 nitrogen and oxygen atoms in total. The Morgan fingerprint density at radius 2 is 2.08 bits per heavy atom. The van der Waals surface area contributed by atoms with Gasteiger partial charge in [0.25, 0.3) is 5.91 Å². The second-order valence-corrected chi connectivity index (χ2v) is 6.99. The molecule has 0 saturated carbocycles. The van der Waals surface area contributed by atoms with Crippen LogP contribution in [0.15, 0.2) is 30.5 Å². The normalized spacial score (nSPS) is 18.2. The number of aromatic amines is 1. The average molecular weight is 326 g/mol. The number of likely N-dealkylation sites (tertiary alicyclic amines) is 1. The quantitative estimate of drug-likeness (QED) is 0.940. The standard InChI is InChI=1S/C19H26N4O/c1-14-11-20-21-18(14)17-5-4-10-23(13-17)19(24)16-8-6-15(7-9-16)12-22(2)3/h6-9,11,17H,4-5,10,12-13H2,1-3H3,(H,20,21)/t17-/m0/s1. The molecule has 2 aromatic rings. The Kier molecular flexibility index (Phi) is 5.00. The van der Waals surface area contributed by atoms with Gasteiger partial charge in [-0.1, -0.05) is 12.1 Å². The van der Waals surface area contributed by atoms with Gasteiger partial charge in [-0.15, -0.1) is 0 Å². The van der Waals surface area contributed by atoms with Crippen molar-refractivity contribution >= 4 is 5.91 Å². The van der Waals surface area contributed by atoms with E-state index in [1.807, 2.05) is 49.5 Å². The number of carbonyl (C=O) groups excluding carboxylic acids is 1. The highest BCUT2D eigenvalue weighted by Crippen LogP contribution is 2.28. The Labute approximate surface area is 143 Å². The molecule has 0 radical (unpaired) electrons. The zero-order valence-electron chi connectivity index (χ0n) is 14.7. The van der Waals surface area contributed by atoms with E-state index in [0.717, 1.165) is 38.0 Å². The van der Waals surface area contributed by atoms with Crippen LogP contribution in [0.3, 0.4) is 0 Å². The summed E-state index contributed by atoms with van der Waals surface area (Å²) >= 11 is 0. The molecule has 1 atom stereocenters. The molecule has 0 unspecified atom stereocenters. The van der Waals surface area contributed by atoms with E-state index in [1.165, 1.54) is 16.8 Å². The molecule has 0 bridgehead atoms. The maximum Gasteiger partial charge on any atom is 0.253 e. The highest BCUT2D eigenvalue weighted by atomic mass is 16.2. The summed E-state index contributed by atoms with van der Waals surface area (Å²) < 4.78 is 0. The summed E-state index contributed by atoms with van der Waals surface area (Å²) in [6.45, 7) is 4.56. The van der Waals surface area contributed by atoms with E-state index >= 15 is 0 Å². The van der Waals surface area contributed by atoms with Crippen molar-refractivity contribution in [3.05, 3.63) is 52.8 Å². The molecule has 1 aromatic heterocycles. The van der Waals surface area contributed by atoms with Crippen LogP contribution in [0, 0.1) is 6.92 Å². The van der Waals surface area contributed by atoms with E-state index in [9.17, 15) is 4.79 Å². The molecule has 24 heavy (non-hydrogen) atoms. The molecular weight excluding hydrogens is 300 g/mol. The maximum atomic E-state index is 12.8. The summed E-state index contributed by atoms with van der Waals surface area (Å²) in [5.41, 5.74) is 4.36. The van der Waals surface area contributed by atoms with E-state index in [2.05, 4.69) is 22.0 Å². The first-order chi connectivity index (χ1) is 11.5. The lowest BCUT2D eigenvalue weighted by atomic mass is 9.92. The lowest BCUT2D eigenvalue weighted by molar-refractivity contribution is 0.0705. The predicted molar refractivity (Wildman–Crippen MR) is 95.0 cm³/mol. The molecule has 2 heterocycles. The Balaban J connectivity index is 1.69. The highest BCUT2D eigenvalue weighted by Gasteiger charge is 2.27. The largest absolute Gasteiger partial charge is 0.338 e. The first-order valence-electron chi connectivity index (χ1n) is 8.57. The van der Waals surface area contributed by atoms with Gasteiger partial charge in [-0.3, -0.25) is 9.89 Å². The second-order valence-electron chi connectivity index (χ2n) is 6.99. The number of amides is 1. The minimum Gasteiger partial charge on any atom is -0.338 e. The molecule has 1 aliphatic rings. The fourth-order valence-corrected chi connectivity index (χ4v) is 3.47. The van der Waals surface area contributed by atoms with Gasteiger partial charge in [0.15, 0.2) is 0 Å². The average Bonchev–Trinajstić information content (AvgIpc) is 3.00. The van der Waals surface area contributed by atoms with Crippen molar-refractivity contribution in [2.24, 2.45) is 0 Å². The van der Waals surface area contributed by atoms with Crippen LogP contribution in [-0.2, 0) is 6.54 Å². The number of H-pyrrole nitrogens is 1. The summed E-state index contributed by atoms with van der Waals surface area (Å²) in [4.78, 5) is 16.9. The van der Waals surface area contributed by atoms with Crippen LogP contribution < -0.4 is 0 Å². The minimum absolute atomic E-state index is 0.133. The maximum absolute atomic E-state index is 12.8. The molecular formula is C19H26N4O. The van der Waals surface area contributed by atoms with Crippen LogP contribution in [0.2, 0.25) is 0 Å². The lowest BCUT2D eigenvalue weighted by Gasteiger charge is -2.32. The third-order valence-electron chi connectivity index (χ3n) is 4.68. The Morgan fingerprint density at radius 1 is 1.33 bits per heavy atom. The molecule has 0 spiro atoms. The predicted octanol–water partition coefficient (Wildman–Crippen LogP) is 2.80. The SMILES string of the molecule is Cc1cn[nH]c1[C@H]1CCCN(C(=O)c2ccc(CN(C)C)cc2)C1. The molecule has 1 amide bonds. The molecule has 1 saturated heterocycles. The third-order valence-corrected chi connectivity index (χ3v) is 4.68. The summed E-state index contributed by atoms with van der Waals surface area (Å²) in [5.74, 6) is 0.492. The molecule has 128 valence electrons. The van der Waals surface area contributed by atoms with Gasteiger partial charge in [-0.25, -0.2) is 0 Å². The van der Waals surface area contributed by atoms with Crippen molar-refractivity contribution in [2.45, 2.75) is 32.2 Å². The van der Waals surface area contributed by atoms with Crippen molar-refractivity contribution in [3.8, 4) is 0 Å². The van der Waals surface area contributed by atoms with Crippen molar-refractivity contribution in [1.82, 2.24) is 20.0 Å². The first kappa shape index (κ1) is 16.7. The number of piperidine rings is 1. The monoisotopic (exact) mass is 326 g/mol. The van der Waals surface area contributed by atoms with E-state index in [1.54, 1.807) is 0 Å². The molecule has 0 aliphatic carbocycles.